The van der Waals surface area contributed by atoms with Crippen molar-refractivity contribution in [3.63, 3.8) is 0 Å². The van der Waals surface area contributed by atoms with Crippen LogP contribution in [-0.4, -0.2) is 38.0 Å². The van der Waals surface area contributed by atoms with Crippen LogP contribution in [0.2, 0.25) is 0 Å². The molecule has 0 saturated carbocycles. The summed E-state index contributed by atoms with van der Waals surface area (Å²) in [6, 6.07) is -0.555. The van der Waals surface area contributed by atoms with Crippen molar-refractivity contribution >= 4 is 11.8 Å². The van der Waals surface area contributed by atoms with E-state index in [1.807, 2.05) is 0 Å². The van der Waals surface area contributed by atoms with Crippen molar-refractivity contribution < 1.29 is 9.59 Å². The third-order valence-electron chi connectivity index (χ3n) is 2.35. The molecule has 0 radical (unpaired) electrons. The van der Waals surface area contributed by atoms with E-state index in [0.717, 1.165) is 12.8 Å². The van der Waals surface area contributed by atoms with Crippen molar-refractivity contribution in [1.29, 1.82) is 0 Å². The minimum atomic E-state index is -0.555. The SMILES string of the molecule is CNC(=O)C(CCCCN)NC(=O)CCN=[N+]=[N-]. The molecule has 0 aromatic rings. The molecule has 0 spiro atoms. The van der Waals surface area contributed by atoms with Crippen LogP contribution in [-0.2, 0) is 9.59 Å². The maximum Gasteiger partial charge on any atom is 0.242 e. The summed E-state index contributed by atoms with van der Waals surface area (Å²) in [5, 5.41) is 8.37. The Hall–Kier alpha value is -1.79. The fraction of sp³-hybridized carbons (Fsp3) is 0.800. The molecule has 0 fully saturated rings. The lowest BCUT2D eigenvalue weighted by molar-refractivity contribution is -0.128. The quantitative estimate of drug-likeness (QED) is 0.233. The predicted octanol–water partition coefficient (Wildman–Crippen LogP) is 0.0466. The van der Waals surface area contributed by atoms with Gasteiger partial charge in [-0.2, -0.15) is 0 Å². The van der Waals surface area contributed by atoms with E-state index in [1.165, 1.54) is 7.05 Å². The number of carbonyl (C=O) groups is 2. The largest absolute Gasteiger partial charge is 0.357 e. The Bertz CT molecular complexity index is 313. The number of nitrogens with two attached hydrogens (primary N) is 1. The van der Waals surface area contributed by atoms with E-state index in [4.69, 9.17) is 11.3 Å². The van der Waals surface area contributed by atoms with E-state index in [1.54, 1.807) is 0 Å². The third kappa shape index (κ3) is 7.48. The second-order valence-corrected chi connectivity index (χ2v) is 3.72. The molecule has 4 N–H and O–H groups in total. The molecule has 8 nitrogen and oxygen atoms in total. The molecule has 1 atom stereocenters. The van der Waals surface area contributed by atoms with Gasteiger partial charge in [0.1, 0.15) is 6.04 Å². The van der Waals surface area contributed by atoms with Crippen molar-refractivity contribution in [2.45, 2.75) is 31.7 Å². The summed E-state index contributed by atoms with van der Waals surface area (Å²) in [6.45, 7) is 0.650. The van der Waals surface area contributed by atoms with Crippen molar-refractivity contribution in [3.05, 3.63) is 10.4 Å². The molecule has 0 aliphatic carbocycles. The van der Waals surface area contributed by atoms with Gasteiger partial charge < -0.3 is 16.4 Å². The van der Waals surface area contributed by atoms with Crippen LogP contribution in [0.15, 0.2) is 5.11 Å². The Balaban J connectivity index is 4.17. The Kier molecular flexibility index (Phi) is 9.34. The summed E-state index contributed by atoms with van der Waals surface area (Å²) in [5.41, 5.74) is 13.5. The molecule has 0 heterocycles. The van der Waals surface area contributed by atoms with Crippen LogP contribution in [0, 0.1) is 0 Å². The lowest BCUT2D eigenvalue weighted by Gasteiger charge is -2.16. The fourth-order valence-electron chi connectivity index (χ4n) is 1.40. The Morgan fingerprint density at radius 3 is 2.72 bits per heavy atom. The molecule has 0 aliphatic heterocycles. The molecule has 18 heavy (non-hydrogen) atoms. The van der Waals surface area contributed by atoms with Crippen LogP contribution in [0.1, 0.15) is 25.7 Å². The number of likely N-dealkylation sites (N-methyl/N-ethyl adjacent to an activating group) is 1. The number of nitrogens with zero attached hydrogens (tertiary/aromatic N) is 3. The molecule has 0 aliphatic rings. The lowest BCUT2D eigenvalue weighted by Crippen LogP contribution is -2.45. The zero-order valence-electron chi connectivity index (χ0n) is 10.6. The highest BCUT2D eigenvalue weighted by atomic mass is 16.2. The molecule has 2 amide bonds. The molecule has 0 aromatic heterocycles. The number of amides is 2. The molecule has 102 valence electrons. The van der Waals surface area contributed by atoms with E-state index < -0.39 is 6.04 Å². The van der Waals surface area contributed by atoms with Crippen LogP contribution in [0.25, 0.3) is 10.4 Å². The van der Waals surface area contributed by atoms with Gasteiger partial charge in [-0.25, -0.2) is 0 Å². The first-order chi connectivity index (χ1) is 8.65. The monoisotopic (exact) mass is 256 g/mol. The first kappa shape index (κ1) is 16.2. The molecular formula is C10H20N6O2. The lowest BCUT2D eigenvalue weighted by atomic mass is 10.1. The summed E-state index contributed by atoms with van der Waals surface area (Å²) in [5.74, 6) is -0.534. The number of azide groups is 1. The third-order valence-corrected chi connectivity index (χ3v) is 2.35. The normalized spacial score (nSPS) is 11.2. The molecule has 0 aromatic carbocycles. The van der Waals surface area contributed by atoms with Gasteiger partial charge in [-0.3, -0.25) is 9.59 Å². The highest BCUT2D eigenvalue weighted by molar-refractivity contribution is 5.87. The Morgan fingerprint density at radius 2 is 2.17 bits per heavy atom. The molecular weight excluding hydrogens is 236 g/mol. The second kappa shape index (κ2) is 10.4. The number of rotatable bonds is 9. The number of unbranched alkanes of at least 4 members (excludes halogenated alkanes) is 1. The van der Waals surface area contributed by atoms with Crippen molar-refractivity contribution in [3.8, 4) is 0 Å². The maximum absolute atomic E-state index is 11.5. The standard InChI is InChI=1S/C10H20N6O2/c1-13-10(18)8(4-2-3-6-11)15-9(17)5-7-14-16-12/h8H,2-7,11H2,1H3,(H,13,18)(H,15,17). The highest BCUT2D eigenvalue weighted by Gasteiger charge is 2.18. The zero-order valence-corrected chi connectivity index (χ0v) is 10.6. The molecule has 1 unspecified atom stereocenters. The highest BCUT2D eigenvalue weighted by Crippen LogP contribution is 2.01. The summed E-state index contributed by atoms with van der Waals surface area (Å²) in [6.07, 6.45) is 2.20. The summed E-state index contributed by atoms with van der Waals surface area (Å²) >= 11 is 0. The first-order valence-corrected chi connectivity index (χ1v) is 5.87. The fourth-order valence-corrected chi connectivity index (χ4v) is 1.40. The average molecular weight is 256 g/mol. The van der Waals surface area contributed by atoms with Crippen LogP contribution in [0.3, 0.4) is 0 Å². The topological polar surface area (TPSA) is 133 Å². The van der Waals surface area contributed by atoms with E-state index in [9.17, 15) is 9.59 Å². The van der Waals surface area contributed by atoms with E-state index in [2.05, 4.69) is 20.7 Å². The van der Waals surface area contributed by atoms with E-state index in [-0.39, 0.29) is 24.8 Å². The van der Waals surface area contributed by atoms with Gasteiger partial charge in [0.2, 0.25) is 11.8 Å². The summed E-state index contributed by atoms with van der Waals surface area (Å²) in [4.78, 5) is 25.6. The molecule has 0 saturated heterocycles. The smallest absolute Gasteiger partial charge is 0.242 e. The average Bonchev–Trinajstić information content (AvgIpc) is 2.37. The van der Waals surface area contributed by atoms with Gasteiger partial charge in [-0.05, 0) is 31.3 Å². The van der Waals surface area contributed by atoms with E-state index in [0.29, 0.717) is 13.0 Å². The number of hydrogen-bond donors (Lipinski definition) is 3. The van der Waals surface area contributed by atoms with Crippen molar-refractivity contribution in [1.82, 2.24) is 10.6 Å². The number of carbonyl (C=O) groups excluding carboxylic acids is 2. The van der Waals surface area contributed by atoms with Gasteiger partial charge in [0.15, 0.2) is 0 Å². The second-order valence-electron chi connectivity index (χ2n) is 3.72. The minimum absolute atomic E-state index is 0.0778. The number of hydrogen-bond acceptors (Lipinski definition) is 4. The Morgan fingerprint density at radius 1 is 1.44 bits per heavy atom. The van der Waals surface area contributed by atoms with Gasteiger partial charge in [0.25, 0.3) is 0 Å². The van der Waals surface area contributed by atoms with E-state index >= 15 is 0 Å². The first-order valence-electron chi connectivity index (χ1n) is 5.87. The van der Waals surface area contributed by atoms with Crippen LogP contribution in [0.4, 0.5) is 0 Å². The summed E-state index contributed by atoms with van der Waals surface area (Å²) < 4.78 is 0. The van der Waals surface area contributed by atoms with Crippen LogP contribution >= 0.6 is 0 Å². The maximum atomic E-state index is 11.5. The predicted molar refractivity (Wildman–Crippen MR) is 67.5 cm³/mol. The number of nitrogens with one attached hydrogen (secondary N) is 2. The van der Waals surface area contributed by atoms with Gasteiger partial charge in [-0.15, -0.1) is 0 Å². The van der Waals surface area contributed by atoms with Crippen molar-refractivity contribution in [2.24, 2.45) is 10.8 Å². The van der Waals surface area contributed by atoms with Gasteiger partial charge in [0, 0.05) is 24.9 Å². The van der Waals surface area contributed by atoms with Crippen molar-refractivity contribution in [2.75, 3.05) is 20.1 Å². The molecule has 0 bridgehead atoms. The van der Waals surface area contributed by atoms with Crippen LogP contribution in [0.5, 0.6) is 0 Å². The zero-order chi connectivity index (χ0) is 13.8. The van der Waals surface area contributed by atoms with Crippen LogP contribution < -0.4 is 16.4 Å². The van der Waals surface area contributed by atoms with Gasteiger partial charge in [-0.1, -0.05) is 5.11 Å². The van der Waals surface area contributed by atoms with Gasteiger partial charge >= 0.3 is 0 Å². The van der Waals surface area contributed by atoms with Gasteiger partial charge in [0.05, 0.1) is 0 Å². The summed E-state index contributed by atoms with van der Waals surface area (Å²) in [7, 11) is 1.52. The Labute approximate surface area is 106 Å². The molecule has 0 rings (SSSR count). The molecule has 8 heteroatoms. The minimum Gasteiger partial charge on any atom is -0.357 e.